The number of aliphatic hydroxyl groups is 1. The van der Waals surface area contributed by atoms with Gasteiger partial charge in [-0.1, -0.05) is 0 Å². The average molecular weight is 221 g/mol. The van der Waals surface area contributed by atoms with Gasteiger partial charge in [-0.25, -0.2) is 0 Å². The fraction of sp³-hybridized carbons (Fsp3) is 0.750. The molecule has 1 fully saturated rings. The van der Waals surface area contributed by atoms with E-state index in [1.165, 1.54) is 4.90 Å². The Kier molecular flexibility index (Phi) is 3.71. The van der Waals surface area contributed by atoms with Crippen molar-refractivity contribution in [1.29, 1.82) is 0 Å². The Morgan fingerprint density at radius 1 is 1.57 bits per heavy atom. The molecule has 2 amide bonds. The number of rotatable bonds is 3. The molecule has 80 valence electrons. The van der Waals surface area contributed by atoms with Crippen LogP contribution < -0.4 is 5.73 Å². The molecule has 1 heterocycles. The number of alkyl halides is 1. The summed E-state index contributed by atoms with van der Waals surface area (Å²) in [7, 11) is 0. The molecule has 5 nitrogen and oxygen atoms in total. The molecule has 0 aliphatic carbocycles. The van der Waals surface area contributed by atoms with Crippen LogP contribution in [-0.4, -0.2) is 46.4 Å². The number of primary amides is 1. The van der Waals surface area contributed by atoms with E-state index in [-0.39, 0.29) is 31.2 Å². The topological polar surface area (TPSA) is 83.6 Å². The second kappa shape index (κ2) is 4.61. The molecule has 0 saturated carbocycles. The maximum absolute atomic E-state index is 11.4. The summed E-state index contributed by atoms with van der Waals surface area (Å²) in [5.74, 6) is -0.610. The molecule has 0 bridgehead atoms. The molecule has 1 saturated heterocycles. The van der Waals surface area contributed by atoms with E-state index in [0.29, 0.717) is 0 Å². The van der Waals surface area contributed by atoms with Crippen LogP contribution in [0.15, 0.2) is 0 Å². The minimum Gasteiger partial charge on any atom is -0.391 e. The van der Waals surface area contributed by atoms with Crippen molar-refractivity contribution in [3.63, 3.8) is 0 Å². The molecule has 1 aliphatic heterocycles. The number of hydrogen-bond acceptors (Lipinski definition) is 3. The molecule has 1 aliphatic rings. The monoisotopic (exact) mass is 220 g/mol. The van der Waals surface area contributed by atoms with Crippen LogP contribution in [0.3, 0.4) is 0 Å². The first-order chi connectivity index (χ1) is 6.56. The largest absolute Gasteiger partial charge is 0.391 e. The molecule has 0 aromatic heterocycles. The molecule has 2 atom stereocenters. The Morgan fingerprint density at radius 3 is 2.71 bits per heavy atom. The number of hydrogen-bond donors (Lipinski definition) is 2. The number of nitrogens with two attached hydrogens (primary N) is 1. The zero-order valence-electron chi connectivity index (χ0n) is 7.65. The van der Waals surface area contributed by atoms with Gasteiger partial charge in [0.05, 0.1) is 6.10 Å². The predicted molar refractivity (Wildman–Crippen MR) is 50.7 cm³/mol. The Balaban J connectivity index is 2.66. The quantitative estimate of drug-likeness (QED) is 0.603. The molecular formula is C8H13ClN2O3. The lowest BCUT2D eigenvalue weighted by atomic mass is 10.2. The highest BCUT2D eigenvalue weighted by atomic mass is 35.5. The zero-order valence-corrected chi connectivity index (χ0v) is 8.41. The summed E-state index contributed by atoms with van der Waals surface area (Å²) in [5, 5.41) is 9.30. The van der Waals surface area contributed by atoms with Gasteiger partial charge in [0.25, 0.3) is 0 Å². The normalized spacial score (nSPS) is 26.6. The highest BCUT2D eigenvalue weighted by molar-refractivity contribution is 6.19. The first-order valence-corrected chi connectivity index (χ1v) is 4.92. The minimum absolute atomic E-state index is 0.165. The summed E-state index contributed by atoms with van der Waals surface area (Å²) < 4.78 is 0. The van der Waals surface area contributed by atoms with Gasteiger partial charge in [-0.2, -0.15) is 0 Å². The molecule has 14 heavy (non-hydrogen) atoms. The lowest BCUT2D eigenvalue weighted by Crippen LogP contribution is -2.43. The van der Waals surface area contributed by atoms with E-state index >= 15 is 0 Å². The van der Waals surface area contributed by atoms with E-state index in [9.17, 15) is 14.7 Å². The molecule has 0 aromatic carbocycles. The summed E-state index contributed by atoms with van der Waals surface area (Å²) in [4.78, 5) is 23.7. The molecule has 1 rings (SSSR count). The lowest BCUT2D eigenvalue weighted by molar-refractivity contribution is -0.137. The Bertz CT molecular complexity index is 247. The fourth-order valence-electron chi connectivity index (χ4n) is 1.58. The Labute approximate surface area is 86.8 Å². The number of amides is 2. The molecule has 0 radical (unpaired) electrons. The van der Waals surface area contributed by atoms with Gasteiger partial charge >= 0.3 is 0 Å². The molecule has 0 aromatic rings. The van der Waals surface area contributed by atoms with E-state index in [0.717, 1.165) is 0 Å². The summed E-state index contributed by atoms with van der Waals surface area (Å²) in [5.41, 5.74) is 5.11. The molecular weight excluding hydrogens is 208 g/mol. The van der Waals surface area contributed by atoms with Crippen molar-refractivity contribution in [2.24, 2.45) is 5.73 Å². The van der Waals surface area contributed by atoms with Crippen LogP contribution >= 0.6 is 11.6 Å². The van der Waals surface area contributed by atoms with Crippen molar-refractivity contribution in [1.82, 2.24) is 4.90 Å². The zero-order chi connectivity index (χ0) is 10.7. The summed E-state index contributed by atoms with van der Waals surface area (Å²) in [6, 6.07) is -0.680. The van der Waals surface area contributed by atoms with Crippen molar-refractivity contribution in [2.75, 3.05) is 12.4 Å². The second-order valence-electron chi connectivity index (χ2n) is 3.29. The number of aliphatic hydroxyl groups excluding tert-OH is 1. The van der Waals surface area contributed by atoms with Gasteiger partial charge in [0.2, 0.25) is 11.8 Å². The number of carbonyl (C=O) groups excluding carboxylic acids is 2. The van der Waals surface area contributed by atoms with Crippen molar-refractivity contribution < 1.29 is 14.7 Å². The number of halogens is 1. The summed E-state index contributed by atoms with van der Waals surface area (Å²) in [6.07, 6.45) is -0.270. The van der Waals surface area contributed by atoms with Gasteiger partial charge < -0.3 is 15.7 Å². The average Bonchev–Trinajstić information content (AvgIpc) is 2.48. The van der Waals surface area contributed by atoms with Crippen LogP contribution in [0.4, 0.5) is 0 Å². The van der Waals surface area contributed by atoms with Gasteiger partial charge in [0.15, 0.2) is 0 Å². The maximum atomic E-state index is 11.4. The Hall–Kier alpha value is -0.810. The molecule has 0 spiro atoms. The summed E-state index contributed by atoms with van der Waals surface area (Å²) in [6.45, 7) is 0.170. The van der Waals surface area contributed by atoms with Crippen LogP contribution in [0.25, 0.3) is 0 Å². The van der Waals surface area contributed by atoms with Crippen molar-refractivity contribution in [3.8, 4) is 0 Å². The standard InChI is InChI=1S/C8H13ClN2O3/c9-2-1-7(13)11-4-5(12)3-6(11)8(10)14/h5-6,12H,1-4H2,(H2,10,14). The summed E-state index contributed by atoms with van der Waals surface area (Å²) >= 11 is 5.41. The third-order valence-electron chi connectivity index (χ3n) is 2.24. The predicted octanol–water partition coefficient (Wildman–Crippen LogP) is -0.938. The number of nitrogens with zero attached hydrogens (tertiary/aromatic N) is 1. The Morgan fingerprint density at radius 2 is 2.21 bits per heavy atom. The number of carbonyl (C=O) groups is 2. The van der Waals surface area contributed by atoms with E-state index in [1.807, 2.05) is 0 Å². The van der Waals surface area contributed by atoms with Gasteiger partial charge in [0, 0.05) is 25.3 Å². The smallest absolute Gasteiger partial charge is 0.240 e. The van der Waals surface area contributed by atoms with Crippen molar-refractivity contribution in [3.05, 3.63) is 0 Å². The van der Waals surface area contributed by atoms with Crippen LogP contribution in [0.2, 0.25) is 0 Å². The third kappa shape index (κ3) is 2.36. The van der Waals surface area contributed by atoms with E-state index in [2.05, 4.69) is 0 Å². The molecule has 2 unspecified atom stereocenters. The van der Waals surface area contributed by atoms with E-state index in [4.69, 9.17) is 17.3 Å². The van der Waals surface area contributed by atoms with Gasteiger partial charge in [-0.05, 0) is 0 Å². The number of likely N-dealkylation sites (tertiary alicyclic amines) is 1. The minimum atomic E-state index is -0.680. The highest BCUT2D eigenvalue weighted by Crippen LogP contribution is 2.18. The number of β-amino-alcohol motifs (C(OH)–C–C–N with tert-alkyl or cyclic N) is 1. The van der Waals surface area contributed by atoms with Crippen LogP contribution in [0.5, 0.6) is 0 Å². The van der Waals surface area contributed by atoms with Gasteiger partial charge in [0.1, 0.15) is 6.04 Å². The first kappa shape index (κ1) is 11.3. The van der Waals surface area contributed by atoms with E-state index < -0.39 is 18.1 Å². The van der Waals surface area contributed by atoms with E-state index in [1.54, 1.807) is 0 Å². The van der Waals surface area contributed by atoms with Gasteiger partial charge in [-0.3, -0.25) is 9.59 Å². The van der Waals surface area contributed by atoms with Crippen LogP contribution in [-0.2, 0) is 9.59 Å². The lowest BCUT2D eigenvalue weighted by Gasteiger charge is -2.21. The van der Waals surface area contributed by atoms with Crippen LogP contribution in [0.1, 0.15) is 12.8 Å². The first-order valence-electron chi connectivity index (χ1n) is 4.39. The SMILES string of the molecule is NC(=O)C1CC(O)CN1C(=O)CCCl. The van der Waals surface area contributed by atoms with Gasteiger partial charge in [-0.15, -0.1) is 11.6 Å². The molecule has 6 heteroatoms. The second-order valence-corrected chi connectivity index (χ2v) is 3.67. The molecule has 3 N–H and O–H groups in total. The van der Waals surface area contributed by atoms with Crippen LogP contribution in [0, 0.1) is 0 Å². The fourth-order valence-corrected chi connectivity index (χ4v) is 1.75. The van der Waals surface area contributed by atoms with Crippen molar-refractivity contribution in [2.45, 2.75) is 25.0 Å². The highest BCUT2D eigenvalue weighted by Gasteiger charge is 2.37. The van der Waals surface area contributed by atoms with Crippen molar-refractivity contribution >= 4 is 23.4 Å². The third-order valence-corrected chi connectivity index (χ3v) is 2.43. The maximum Gasteiger partial charge on any atom is 0.240 e.